The van der Waals surface area contributed by atoms with Crippen LogP contribution in [0.25, 0.3) is 0 Å². The van der Waals surface area contributed by atoms with Crippen molar-refractivity contribution in [3.05, 3.63) is 24.3 Å². The topological polar surface area (TPSA) is 35.5 Å². The molecule has 0 N–H and O–H groups in total. The van der Waals surface area contributed by atoms with E-state index in [-0.39, 0.29) is 18.0 Å². The van der Waals surface area contributed by atoms with Crippen LogP contribution in [0.1, 0.15) is 143 Å². The molecule has 0 bridgehead atoms. The van der Waals surface area contributed by atoms with Crippen LogP contribution in [0.3, 0.4) is 0 Å². The monoisotopic (exact) mass is 500 g/mol. The molecular formula is C33H56O3. The van der Waals surface area contributed by atoms with Crippen molar-refractivity contribution in [2.75, 3.05) is 0 Å². The summed E-state index contributed by atoms with van der Waals surface area (Å²) in [5.41, 5.74) is 0. The van der Waals surface area contributed by atoms with Gasteiger partial charge in [0.15, 0.2) is 0 Å². The lowest BCUT2D eigenvalue weighted by Crippen LogP contribution is -2.25. The summed E-state index contributed by atoms with van der Waals surface area (Å²) in [5.74, 6) is 3.20. The Morgan fingerprint density at radius 1 is 0.778 bits per heavy atom. The molecule has 1 aromatic rings. The largest absolute Gasteiger partial charge is 0.491 e. The molecule has 0 amide bonds. The van der Waals surface area contributed by atoms with Crippen LogP contribution >= 0.6 is 0 Å². The fourth-order valence-corrected chi connectivity index (χ4v) is 5.46. The van der Waals surface area contributed by atoms with Gasteiger partial charge in [0, 0.05) is 0 Å². The van der Waals surface area contributed by atoms with Crippen LogP contribution in [-0.2, 0) is 4.79 Å². The Morgan fingerprint density at radius 3 is 2.03 bits per heavy atom. The Labute approximate surface area is 223 Å². The van der Waals surface area contributed by atoms with E-state index in [9.17, 15) is 4.79 Å². The highest BCUT2D eigenvalue weighted by atomic mass is 16.5. The van der Waals surface area contributed by atoms with E-state index in [1.54, 1.807) is 0 Å². The molecule has 0 aliphatic heterocycles. The minimum atomic E-state index is -0.0520. The number of benzene rings is 1. The molecule has 1 aliphatic carbocycles. The standard InChI is InChI=1S/C33H56O3/c1-5-7-8-14-17-28(4)35-31-23-25-32(26-24-31)36-33(34)30-21-19-29(20-22-30)18-15-12-10-9-11-13-16-27(3)6-2/h23-30H,5-22H2,1-4H3/t27-,28+,29?,30?/m0/s1. The molecule has 0 radical (unpaired) electrons. The number of carbonyl (C=O) groups excluding carboxylic acids is 1. The van der Waals surface area contributed by atoms with Crippen LogP contribution in [-0.4, -0.2) is 12.1 Å². The maximum Gasteiger partial charge on any atom is 0.314 e. The Hall–Kier alpha value is -1.51. The second-order valence-corrected chi connectivity index (χ2v) is 11.6. The number of hydrogen-bond donors (Lipinski definition) is 0. The molecule has 0 unspecified atom stereocenters. The third-order valence-corrected chi connectivity index (χ3v) is 8.28. The van der Waals surface area contributed by atoms with Gasteiger partial charge >= 0.3 is 5.97 Å². The summed E-state index contributed by atoms with van der Waals surface area (Å²) in [7, 11) is 0. The molecule has 3 nitrogen and oxygen atoms in total. The van der Waals surface area contributed by atoms with E-state index in [0.29, 0.717) is 5.75 Å². The molecule has 0 spiro atoms. The predicted octanol–water partition coefficient (Wildman–Crippen LogP) is 10.3. The van der Waals surface area contributed by atoms with E-state index in [1.165, 1.54) is 96.3 Å². The molecule has 1 aromatic carbocycles. The Bertz CT molecular complexity index is 675. The third kappa shape index (κ3) is 13.2. The van der Waals surface area contributed by atoms with E-state index in [1.807, 2.05) is 24.3 Å². The van der Waals surface area contributed by atoms with Crippen molar-refractivity contribution in [2.45, 2.75) is 149 Å². The molecule has 0 aromatic heterocycles. The third-order valence-electron chi connectivity index (χ3n) is 8.28. The second kappa shape index (κ2) is 18.7. The average Bonchev–Trinajstić information content (AvgIpc) is 2.89. The Kier molecular flexibility index (Phi) is 15.9. The highest BCUT2D eigenvalue weighted by Crippen LogP contribution is 2.33. The first kappa shape index (κ1) is 30.7. The number of carbonyl (C=O) groups is 1. The van der Waals surface area contributed by atoms with Gasteiger partial charge in [0.05, 0.1) is 12.0 Å². The van der Waals surface area contributed by atoms with Gasteiger partial charge in [-0.2, -0.15) is 0 Å². The van der Waals surface area contributed by atoms with Gasteiger partial charge in [0.2, 0.25) is 0 Å². The van der Waals surface area contributed by atoms with Crippen LogP contribution < -0.4 is 9.47 Å². The fraction of sp³-hybridized carbons (Fsp3) is 0.788. The maximum absolute atomic E-state index is 12.7. The first-order valence-corrected chi connectivity index (χ1v) is 15.5. The Balaban J connectivity index is 1.55. The van der Waals surface area contributed by atoms with Crippen molar-refractivity contribution in [3.8, 4) is 11.5 Å². The quantitative estimate of drug-likeness (QED) is 0.108. The first-order valence-electron chi connectivity index (χ1n) is 15.5. The van der Waals surface area contributed by atoms with Gasteiger partial charge in [-0.3, -0.25) is 4.79 Å². The summed E-state index contributed by atoms with van der Waals surface area (Å²) in [6.45, 7) is 9.04. The molecule has 0 heterocycles. The molecule has 2 atom stereocenters. The van der Waals surface area contributed by atoms with Gasteiger partial charge in [0.25, 0.3) is 0 Å². The first-order chi connectivity index (χ1) is 17.5. The van der Waals surface area contributed by atoms with Gasteiger partial charge < -0.3 is 9.47 Å². The highest BCUT2D eigenvalue weighted by Gasteiger charge is 2.27. The molecule has 1 saturated carbocycles. The summed E-state index contributed by atoms with van der Waals surface area (Å²) in [5, 5.41) is 0. The summed E-state index contributed by atoms with van der Waals surface area (Å²) in [6.07, 6.45) is 23.1. The maximum atomic E-state index is 12.7. The fourth-order valence-electron chi connectivity index (χ4n) is 5.46. The van der Waals surface area contributed by atoms with E-state index in [4.69, 9.17) is 9.47 Å². The predicted molar refractivity (Wildman–Crippen MR) is 153 cm³/mol. The van der Waals surface area contributed by atoms with Crippen molar-refractivity contribution in [2.24, 2.45) is 17.8 Å². The molecule has 0 saturated heterocycles. The van der Waals surface area contributed by atoms with Crippen LogP contribution in [0, 0.1) is 17.8 Å². The smallest absolute Gasteiger partial charge is 0.314 e. The number of ether oxygens (including phenoxy) is 2. The number of rotatable bonds is 19. The van der Waals surface area contributed by atoms with Crippen molar-refractivity contribution in [1.29, 1.82) is 0 Å². The number of unbranched alkanes of at least 4 members (excludes halogenated alkanes) is 8. The minimum Gasteiger partial charge on any atom is -0.491 e. The molecule has 206 valence electrons. The summed E-state index contributed by atoms with van der Waals surface area (Å²) in [6, 6.07) is 7.59. The van der Waals surface area contributed by atoms with Gasteiger partial charge in [-0.05, 0) is 81.5 Å². The van der Waals surface area contributed by atoms with Gasteiger partial charge in [-0.25, -0.2) is 0 Å². The Morgan fingerprint density at radius 2 is 1.36 bits per heavy atom. The number of hydrogen-bond acceptors (Lipinski definition) is 3. The lowest BCUT2D eigenvalue weighted by molar-refractivity contribution is -0.140. The van der Waals surface area contributed by atoms with Gasteiger partial charge in [0.1, 0.15) is 11.5 Å². The van der Waals surface area contributed by atoms with Crippen molar-refractivity contribution >= 4 is 5.97 Å². The van der Waals surface area contributed by atoms with Crippen molar-refractivity contribution in [3.63, 3.8) is 0 Å². The van der Waals surface area contributed by atoms with Crippen LogP contribution in [0.4, 0.5) is 0 Å². The van der Waals surface area contributed by atoms with Crippen LogP contribution in [0.2, 0.25) is 0 Å². The SMILES string of the molecule is CCCCCC[C@@H](C)Oc1ccc(OC(=O)C2CCC(CCCCCCCC[C@@H](C)CC)CC2)cc1. The molecule has 1 fully saturated rings. The summed E-state index contributed by atoms with van der Waals surface area (Å²) >= 11 is 0. The van der Waals surface area contributed by atoms with E-state index in [0.717, 1.165) is 36.8 Å². The molecular weight excluding hydrogens is 444 g/mol. The molecule has 2 rings (SSSR count). The van der Waals surface area contributed by atoms with Gasteiger partial charge in [-0.1, -0.05) is 97.8 Å². The van der Waals surface area contributed by atoms with Crippen molar-refractivity contribution < 1.29 is 14.3 Å². The highest BCUT2D eigenvalue weighted by molar-refractivity contribution is 5.75. The van der Waals surface area contributed by atoms with Crippen LogP contribution in [0.5, 0.6) is 11.5 Å². The lowest BCUT2D eigenvalue weighted by atomic mass is 9.79. The van der Waals surface area contributed by atoms with E-state index in [2.05, 4.69) is 27.7 Å². The van der Waals surface area contributed by atoms with Crippen molar-refractivity contribution in [1.82, 2.24) is 0 Å². The second-order valence-electron chi connectivity index (χ2n) is 11.6. The molecule has 1 aliphatic rings. The summed E-state index contributed by atoms with van der Waals surface area (Å²) in [4.78, 5) is 12.7. The average molecular weight is 501 g/mol. The van der Waals surface area contributed by atoms with Gasteiger partial charge in [-0.15, -0.1) is 0 Å². The zero-order chi connectivity index (χ0) is 26.0. The molecule has 3 heteroatoms. The zero-order valence-electron chi connectivity index (χ0n) is 24.1. The normalized spacial score (nSPS) is 19.6. The van der Waals surface area contributed by atoms with Crippen LogP contribution in [0.15, 0.2) is 24.3 Å². The van der Waals surface area contributed by atoms with E-state index < -0.39 is 0 Å². The van der Waals surface area contributed by atoms with E-state index >= 15 is 0 Å². The lowest BCUT2D eigenvalue weighted by Gasteiger charge is -2.27. The zero-order valence-corrected chi connectivity index (χ0v) is 24.1. The molecule has 36 heavy (non-hydrogen) atoms. The summed E-state index contributed by atoms with van der Waals surface area (Å²) < 4.78 is 11.7. The number of esters is 1. The minimum absolute atomic E-state index is 0.0520.